The number of thioether (sulfide) groups is 1. The van der Waals surface area contributed by atoms with Crippen molar-refractivity contribution < 1.29 is 19.2 Å². The lowest BCUT2D eigenvalue weighted by atomic mass is 10.1. The van der Waals surface area contributed by atoms with Gasteiger partial charge in [0, 0.05) is 6.54 Å². The smallest absolute Gasteiger partial charge is 0.415 e. The molecule has 0 fully saturated rings. The Labute approximate surface area is 184 Å². The third-order valence-corrected chi connectivity index (χ3v) is 4.34. The van der Waals surface area contributed by atoms with Crippen LogP contribution in [0, 0.1) is 10.1 Å². The summed E-state index contributed by atoms with van der Waals surface area (Å²) >= 11 is 7.13. The molecule has 0 aliphatic heterocycles. The number of aromatic nitrogens is 2. The van der Waals surface area contributed by atoms with Crippen LogP contribution < -0.4 is 4.90 Å². The van der Waals surface area contributed by atoms with E-state index >= 15 is 0 Å². The summed E-state index contributed by atoms with van der Waals surface area (Å²) < 4.78 is 10.4. The number of halogens is 1. The van der Waals surface area contributed by atoms with Crippen LogP contribution in [0.4, 0.5) is 16.3 Å². The zero-order chi connectivity index (χ0) is 22.7. The monoisotopic (exact) mass is 454 g/mol. The van der Waals surface area contributed by atoms with Crippen molar-refractivity contribution in [1.82, 2.24) is 9.97 Å². The number of nitro groups is 1. The van der Waals surface area contributed by atoms with Crippen molar-refractivity contribution in [3.8, 4) is 0 Å². The average Bonchev–Trinajstić information content (AvgIpc) is 2.70. The Morgan fingerprint density at radius 2 is 2.07 bits per heavy atom. The standard InChI is InChI=1S/C19H23ClN4O5S/c1-6-11-29-13(4)12-14(7-2)9-10-23(19(25)28-8-3)17-15(24(26)27)16(20)21-18(22-17)30-5/h6-7,12H,1-2,4,8-11H2,3,5H3/b14-12+. The molecule has 0 saturated heterocycles. The van der Waals surface area contributed by atoms with Crippen LogP contribution in [0.25, 0.3) is 0 Å². The highest BCUT2D eigenvalue weighted by molar-refractivity contribution is 7.98. The van der Waals surface area contributed by atoms with Crippen LogP contribution in [0.1, 0.15) is 13.3 Å². The third-order valence-electron chi connectivity index (χ3n) is 3.53. The highest BCUT2D eigenvalue weighted by Crippen LogP contribution is 2.34. The summed E-state index contributed by atoms with van der Waals surface area (Å²) in [5.41, 5.74) is 0.108. The van der Waals surface area contributed by atoms with E-state index < -0.39 is 16.7 Å². The molecule has 162 valence electrons. The molecule has 0 spiro atoms. The van der Waals surface area contributed by atoms with Crippen molar-refractivity contribution in [3.05, 3.63) is 64.6 Å². The lowest BCUT2D eigenvalue weighted by molar-refractivity contribution is -0.384. The van der Waals surface area contributed by atoms with Gasteiger partial charge in [0.25, 0.3) is 0 Å². The predicted molar refractivity (Wildman–Crippen MR) is 118 cm³/mol. The van der Waals surface area contributed by atoms with Crippen LogP contribution in [0.2, 0.25) is 5.15 Å². The lowest BCUT2D eigenvalue weighted by Gasteiger charge is -2.21. The van der Waals surface area contributed by atoms with Gasteiger partial charge in [0.05, 0.1) is 11.5 Å². The minimum absolute atomic E-state index is 0.00737. The Morgan fingerprint density at radius 3 is 2.60 bits per heavy atom. The molecule has 11 heteroatoms. The lowest BCUT2D eigenvalue weighted by Crippen LogP contribution is -2.34. The topological polar surface area (TPSA) is 108 Å². The van der Waals surface area contributed by atoms with E-state index in [0.29, 0.717) is 11.3 Å². The summed E-state index contributed by atoms with van der Waals surface area (Å²) in [7, 11) is 0. The van der Waals surface area contributed by atoms with E-state index in [1.165, 1.54) is 0 Å². The largest absolute Gasteiger partial charge is 0.490 e. The van der Waals surface area contributed by atoms with Gasteiger partial charge in [-0.3, -0.25) is 15.0 Å². The van der Waals surface area contributed by atoms with Crippen LogP contribution in [0.3, 0.4) is 0 Å². The van der Waals surface area contributed by atoms with Gasteiger partial charge in [0.15, 0.2) is 5.16 Å². The molecule has 9 nitrogen and oxygen atoms in total. The Bertz CT molecular complexity index is 860. The van der Waals surface area contributed by atoms with Crippen molar-refractivity contribution >= 4 is 41.0 Å². The maximum Gasteiger partial charge on any atom is 0.415 e. The highest BCUT2D eigenvalue weighted by Gasteiger charge is 2.31. The van der Waals surface area contributed by atoms with Crippen LogP contribution in [0.5, 0.6) is 0 Å². The Kier molecular flexibility index (Phi) is 10.6. The first-order chi connectivity index (χ1) is 14.3. The normalized spacial score (nSPS) is 10.8. The average molecular weight is 455 g/mol. The number of ether oxygens (including phenoxy) is 2. The van der Waals surface area contributed by atoms with Crippen LogP contribution in [-0.2, 0) is 9.47 Å². The molecule has 0 aromatic carbocycles. The first-order valence-corrected chi connectivity index (χ1v) is 10.3. The molecule has 1 aromatic rings. The number of amides is 1. The summed E-state index contributed by atoms with van der Waals surface area (Å²) in [6, 6.07) is 0. The van der Waals surface area contributed by atoms with Gasteiger partial charge in [-0.05, 0) is 31.2 Å². The summed E-state index contributed by atoms with van der Waals surface area (Å²) in [5, 5.41) is 11.4. The second kappa shape index (κ2) is 12.7. The summed E-state index contributed by atoms with van der Waals surface area (Å²) in [6.07, 6.45) is 5.95. The molecule has 0 unspecified atom stereocenters. The first kappa shape index (κ1) is 25.2. The molecule has 1 rings (SSSR count). The zero-order valence-corrected chi connectivity index (χ0v) is 18.4. The second-order valence-corrected chi connectivity index (χ2v) is 6.65. The molecule has 0 N–H and O–H groups in total. The fourth-order valence-corrected chi connectivity index (χ4v) is 2.85. The molecule has 0 radical (unpaired) electrons. The van der Waals surface area contributed by atoms with Gasteiger partial charge >= 0.3 is 11.8 Å². The molecule has 1 heterocycles. The Balaban J connectivity index is 3.31. The number of nitrogens with zero attached hydrogens (tertiary/aromatic N) is 4. The minimum Gasteiger partial charge on any atom is -0.490 e. The number of hydrogen-bond donors (Lipinski definition) is 0. The molecular formula is C19H23ClN4O5S. The van der Waals surface area contributed by atoms with Crippen molar-refractivity contribution in [3.63, 3.8) is 0 Å². The van der Waals surface area contributed by atoms with E-state index in [-0.39, 0.29) is 42.3 Å². The van der Waals surface area contributed by atoms with E-state index in [2.05, 4.69) is 29.7 Å². The number of carbonyl (C=O) groups excluding carboxylic acids is 1. The third kappa shape index (κ3) is 7.20. The van der Waals surface area contributed by atoms with E-state index in [4.69, 9.17) is 21.1 Å². The van der Waals surface area contributed by atoms with Crippen LogP contribution >= 0.6 is 23.4 Å². The summed E-state index contributed by atoms with van der Waals surface area (Å²) in [5.74, 6) is 0.140. The molecule has 0 aliphatic carbocycles. The van der Waals surface area contributed by atoms with Crippen molar-refractivity contribution in [2.24, 2.45) is 0 Å². The van der Waals surface area contributed by atoms with Crippen LogP contribution in [0.15, 0.2) is 54.5 Å². The fourth-order valence-electron chi connectivity index (χ4n) is 2.21. The van der Waals surface area contributed by atoms with E-state index in [9.17, 15) is 14.9 Å². The van der Waals surface area contributed by atoms with Gasteiger partial charge in [0.2, 0.25) is 11.0 Å². The Morgan fingerprint density at radius 1 is 1.37 bits per heavy atom. The molecule has 30 heavy (non-hydrogen) atoms. The van der Waals surface area contributed by atoms with Gasteiger partial charge in [-0.2, -0.15) is 4.98 Å². The predicted octanol–water partition coefficient (Wildman–Crippen LogP) is 4.94. The van der Waals surface area contributed by atoms with Crippen molar-refractivity contribution in [2.45, 2.75) is 18.5 Å². The minimum atomic E-state index is -0.799. The molecular weight excluding hydrogens is 432 g/mol. The van der Waals surface area contributed by atoms with E-state index in [1.807, 2.05) is 0 Å². The molecule has 1 aromatic heterocycles. The molecule has 0 atom stereocenters. The summed E-state index contributed by atoms with van der Waals surface area (Å²) in [4.78, 5) is 32.5. The maximum absolute atomic E-state index is 12.6. The first-order valence-electron chi connectivity index (χ1n) is 8.74. The number of carbonyl (C=O) groups is 1. The van der Waals surface area contributed by atoms with Gasteiger partial charge < -0.3 is 9.47 Å². The summed E-state index contributed by atoms with van der Waals surface area (Å²) in [6.45, 7) is 13.1. The fraction of sp³-hybridized carbons (Fsp3) is 0.316. The van der Waals surface area contributed by atoms with E-state index in [0.717, 1.165) is 16.7 Å². The number of rotatable bonds is 12. The second-order valence-electron chi connectivity index (χ2n) is 5.52. The number of anilines is 1. The van der Waals surface area contributed by atoms with Gasteiger partial charge in [-0.1, -0.05) is 55.3 Å². The van der Waals surface area contributed by atoms with Gasteiger partial charge in [-0.15, -0.1) is 0 Å². The van der Waals surface area contributed by atoms with Crippen molar-refractivity contribution in [1.29, 1.82) is 0 Å². The SMILES string of the molecule is C=CCOC(=C)/C=C(\C=C)CCN(C(=O)OCC)c1nc(SC)nc(Cl)c1[N+](=O)[O-]. The van der Waals surface area contributed by atoms with Gasteiger partial charge in [-0.25, -0.2) is 9.78 Å². The van der Waals surface area contributed by atoms with E-state index in [1.54, 1.807) is 31.4 Å². The van der Waals surface area contributed by atoms with Crippen molar-refractivity contribution in [2.75, 3.05) is 30.9 Å². The van der Waals surface area contributed by atoms with Gasteiger partial charge in [0.1, 0.15) is 12.4 Å². The highest BCUT2D eigenvalue weighted by atomic mass is 35.5. The molecule has 1 amide bonds. The quantitative estimate of drug-likeness (QED) is 0.0638. The molecule has 0 saturated carbocycles. The number of allylic oxidation sites excluding steroid dienone is 2. The number of hydrogen-bond acceptors (Lipinski definition) is 8. The molecule has 0 aliphatic rings. The van der Waals surface area contributed by atoms with Crippen LogP contribution in [-0.4, -0.2) is 47.0 Å². The molecule has 0 bridgehead atoms. The Hall–Kier alpha value is -2.85. The zero-order valence-electron chi connectivity index (χ0n) is 16.8. The maximum atomic E-state index is 12.6.